The smallest absolute Gasteiger partial charge is 0.224 e. The Balaban J connectivity index is 2.03. The quantitative estimate of drug-likeness (QED) is 0.738. The first kappa shape index (κ1) is 10.0. The molecule has 2 heterocycles. The number of nitrogens with one attached hydrogen (secondary N) is 1. The number of amides is 1. The van der Waals surface area contributed by atoms with E-state index >= 15 is 0 Å². The number of hydrogen-bond donors (Lipinski definition) is 2. The van der Waals surface area contributed by atoms with Gasteiger partial charge in [0.05, 0.1) is 5.92 Å². The van der Waals surface area contributed by atoms with Gasteiger partial charge < -0.3 is 15.6 Å². The third kappa shape index (κ3) is 2.29. The van der Waals surface area contributed by atoms with E-state index < -0.39 is 0 Å². The summed E-state index contributed by atoms with van der Waals surface area (Å²) in [5.74, 6) is 0.650. The lowest BCUT2D eigenvalue weighted by atomic mass is 10.0. The summed E-state index contributed by atoms with van der Waals surface area (Å²) in [6, 6.07) is 0. The SMILES string of the molecule is Nc1nccn1CC1CCCCNC1=O. The summed E-state index contributed by atoms with van der Waals surface area (Å²) < 4.78 is 1.83. The fraction of sp³-hybridized carbons (Fsp3) is 0.600. The van der Waals surface area contributed by atoms with Crippen LogP contribution in [0.3, 0.4) is 0 Å². The molecule has 0 aromatic carbocycles. The van der Waals surface area contributed by atoms with Gasteiger partial charge >= 0.3 is 0 Å². The van der Waals surface area contributed by atoms with Crippen molar-refractivity contribution < 1.29 is 4.79 Å². The highest BCUT2D eigenvalue weighted by Gasteiger charge is 2.21. The number of nitrogens with zero attached hydrogens (tertiary/aromatic N) is 2. The van der Waals surface area contributed by atoms with E-state index in [0.717, 1.165) is 25.8 Å². The summed E-state index contributed by atoms with van der Waals surface area (Å²) in [4.78, 5) is 15.6. The van der Waals surface area contributed by atoms with Gasteiger partial charge in [0.1, 0.15) is 0 Å². The molecule has 0 radical (unpaired) electrons. The van der Waals surface area contributed by atoms with Crippen LogP contribution in [0.25, 0.3) is 0 Å². The first-order valence-electron chi connectivity index (χ1n) is 5.31. The van der Waals surface area contributed by atoms with Crippen LogP contribution in [0.15, 0.2) is 12.4 Å². The number of nitrogens with two attached hydrogens (primary N) is 1. The van der Waals surface area contributed by atoms with E-state index in [-0.39, 0.29) is 11.8 Å². The largest absolute Gasteiger partial charge is 0.369 e. The van der Waals surface area contributed by atoms with Crippen LogP contribution in [0.1, 0.15) is 19.3 Å². The van der Waals surface area contributed by atoms with Crippen molar-refractivity contribution in [2.45, 2.75) is 25.8 Å². The molecule has 15 heavy (non-hydrogen) atoms. The second-order valence-corrected chi connectivity index (χ2v) is 3.92. The second-order valence-electron chi connectivity index (χ2n) is 3.92. The zero-order valence-electron chi connectivity index (χ0n) is 8.65. The van der Waals surface area contributed by atoms with Crippen molar-refractivity contribution in [1.82, 2.24) is 14.9 Å². The van der Waals surface area contributed by atoms with Crippen LogP contribution in [0.5, 0.6) is 0 Å². The Morgan fingerprint density at radius 3 is 3.20 bits per heavy atom. The van der Waals surface area contributed by atoms with Gasteiger partial charge in [-0.2, -0.15) is 0 Å². The molecule has 3 N–H and O–H groups in total. The normalized spacial score (nSPS) is 22.1. The second kappa shape index (κ2) is 4.33. The van der Waals surface area contributed by atoms with Gasteiger partial charge in [-0.3, -0.25) is 4.79 Å². The lowest BCUT2D eigenvalue weighted by molar-refractivity contribution is -0.125. The summed E-state index contributed by atoms with van der Waals surface area (Å²) in [5.41, 5.74) is 5.66. The predicted molar refractivity (Wildman–Crippen MR) is 57.0 cm³/mol. The van der Waals surface area contributed by atoms with Crippen molar-refractivity contribution in [3.8, 4) is 0 Å². The van der Waals surface area contributed by atoms with Crippen molar-refractivity contribution in [3.05, 3.63) is 12.4 Å². The number of nitrogen functional groups attached to an aromatic ring is 1. The summed E-state index contributed by atoms with van der Waals surface area (Å²) in [5, 5.41) is 2.91. The van der Waals surface area contributed by atoms with Crippen LogP contribution >= 0.6 is 0 Å². The maximum atomic E-state index is 11.7. The predicted octanol–water partition coefficient (Wildman–Crippen LogP) is 0.382. The van der Waals surface area contributed by atoms with Crippen molar-refractivity contribution in [1.29, 1.82) is 0 Å². The number of rotatable bonds is 2. The van der Waals surface area contributed by atoms with Crippen molar-refractivity contribution in [2.75, 3.05) is 12.3 Å². The Morgan fingerprint density at radius 1 is 1.60 bits per heavy atom. The molecule has 1 aliphatic rings. The molecule has 1 atom stereocenters. The molecule has 1 aliphatic heterocycles. The monoisotopic (exact) mass is 208 g/mol. The third-order valence-electron chi connectivity index (χ3n) is 2.81. The van der Waals surface area contributed by atoms with E-state index in [4.69, 9.17) is 5.73 Å². The van der Waals surface area contributed by atoms with Crippen molar-refractivity contribution in [2.24, 2.45) is 5.92 Å². The minimum Gasteiger partial charge on any atom is -0.369 e. The molecule has 2 rings (SSSR count). The molecular weight excluding hydrogens is 192 g/mol. The molecule has 1 unspecified atom stereocenters. The highest BCUT2D eigenvalue weighted by molar-refractivity contribution is 5.78. The number of anilines is 1. The van der Waals surface area contributed by atoms with Gasteiger partial charge in [-0.1, -0.05) is 6.42 Å². The van der Waals surface area contributed by atoms with Crippen LogP contribution in [-0.2, 0) is 11.3 Å². The topological polar surface area (TPSA) is 72.9 Å². The van der Waals surface area contributed by atoms with Crippen molar-refractivity contribution >= 4 is 11.9 Å². The lowest BCUT2D eigenvalue weighted by Gasteiger charge is -2.14. The number of carbonyl (C=O) groups is 1. The Kier molecular flexibility index (Phi) is 2.89. The molecule has 0 aliphatic carbocycles. The molecule has 0 spiro atoms. The summed E-state index contributed by atoms with van der Waals surface area (Å²) >= 11 is 0. The maximum absolute atomic E-state index is 11.7. The van der Waals surface area contributed by atoms with Gasteiger partial charge in [-0.25, -0.2) is 4.98 Å². The molecule has 1 fully saturated rings. The Hall–Kier alpha value is -1.52. The van der Waals surface area contributed by atoms with Crippen LogP contribution in [0.4, 0.5) is 5.95 Å². The van der Waals surface area contributed by atoms with Gasteiger partial charge in [-0.15, -0.1) is 0 Å². The highest BCUT2D eigenvalue weighted by atomic mass is 16.1. The lowest BCUT2D eigenvalue weighted by Crippen LogP contribution is -2.31. The fourth-order valence-electron chi connectivity index (χ4n) is 1.91. The zero-order valence-corrected chi connectivity index (χ0v) is 8.65. The van der Waals surface area contributed by atoms with Crippen molar-refractivity contribution in [3.63, 3.8) is 0 Å². The Bertz CT molecular complexity index is 347. The first-order valence-corrected chi connectivity index (χ1v) is 5.31. The van der Waals surface area contributed by atoms with E-state index in [2.05, 4.69) is 10.3 Å². The molecule has 82 valence electrons. The molecule has 0 bridgehead atoms. The van der Waals surface area contributed by atoms with Crippen LogP contribution < -0.4 is 11.1 Å². The maximum Gasteiger partial charge on any atom is 0.224 e. The highest BCUT2D eigenvalue weighted by Crippen LogP contribution is 2.15. The average molecular weight is 208 g/mol. The fourth-order valence-corrected chi connectivity index (χ4v) is 1.91. The Labute approximate surface area is 88.7 Å². The average Bonchev–Trinajstić information content (AvgIpc) is 2.50. The van der Waals surface area contributed by atoms with Gasteiger partial charge in [0, 0.05) is 25.5 Å². The number of carbonyl (C=O) groups excluding carboxylic acids is 1. The zero-order chi connectivity index (χ0) is 10.7. The first-order chi connectivity index (χ1) is 7.27. The third-order valence-corrected chi connectivity index (χ3v) is 2.81. The molecule has 5 nitrogen and oxygen atoms in total. The van der Waals surface area contributed by atoms with Gasteiger partial charge in [0.15, 0.2) is 5.95 Å². The van der Waals surface area contributed by atoms with E-state index in [0.29, 0.717) is 12.5 Å². The molecule has 1 amide bonds. The standard InChI is InChI=1S/C10H16N4O/c11-10-13-5-6-14(10)7-8-3-1-2-4-12-9(8)15/h5-6,8H,1-4,7H2,(H2,11,13)(H,12,15). The molecule has 0 saturated carbocycles. The molecular formula is C10H16N4O. The van der Waals surface area contributed by atoms with Crippen LogP contribution in [0.2, 0.25) is 0 Å². The Morgan fingerprint density at radius 2 is 2.47 bits per heavy atom. The summed E-state index contributed by atoms with van der Waals surface area (Å²) in [6.07, 6.45) is 6.57. The van der Waals surface area contributed by atoms with Gasteiger partial charge in [-0.05, 0) is 12.8 Å². The summed E-state index contributed by atoms with van der Waals surface area (Å²) in [6.45, 7) is 1.44. The number of hydrogen-bond acceptors (Lipinski definition) is 3. The van der Waals surface area contributed by atoms with Gasteiger partial charge in [0.25, 0.3) is 0 Å². The van der Waals surface area contributed by atoms with Gasteiger partial charge in [0.2, 0.25) is 5.91 Å². The van der Waals surface area contributed by atoms with E-state index in [1.54, 1.807) is 6.20 Å². The summed E-state index contributed by atoms with van der Waals surface area (Å²) in [7, 11) is 0. The number of imidazole rings is 1. The van der Waals surface area contributed by atoms with E-state index in [1.165, 1.54) is 0 Å². The molecule has 5 heteroatoms. The molecule has 1 aromatic heterocycles. The minimum atomic E-state index is 0.0315. The molecule has 1 saturated heterocycles. The van der Waals surface area contributed by atoms with E-state index in [9.17, 15) is 4.79 Å². The molecule has 1 aromatic rings. The minimum absolute atomic E-state index is 0.0315. The van der Waals surface area contributed by atoms with Crippen LogP contribution in [0, 0.1) is 5.92 Å². The number of aromatic nitrogens is 2. The van der Waals surface area contributed by atoms with Crippen LogP contribution in [-0.4, -0.2) is 22.0 Å². The van der Waals surface area contributed by atoms with E-state index in [1.807, 2.05) is 10.8 Å².